The SMILES string of the molecule is FC(F)C1NCCO1. The second kappa shape index (κ2) is 2.37. The van der Waals surface area contributed by atoms with E-state index < -0.39 is 12.7 Å². The van der Waals surface area contributed by atoms with E-state index in [2.05, 4.69) is 10.1 Å². The molecular formula is C4H7F2NO. The van der Waals surface area contributed by atoms with Gasteiger partial charge in [0.15, 0.2) is 6.23 Å². The summed E-state index contributed by atoms with van der Waals surface area (Å²) in [4.78, 5) is 0. The lowest BCUT2D eigenvalue weighted by molar-refractivity contribution is -0.0314. The molecule has 0 spiro atoms. The number of rotatable bonds is 1. The summed E-state index contributed by atoms with van der Waals surface area (Å²) >= 11 is 0. The first kappa shape index (κ1) is 5.91. The number of alkyl halides is 2. The van der Waals surface area contributed by atoms with Gasteiger partial charge in [0.25, 0.3) is 6.43 Å². The first-order chi connectivity index (χ1) is 3.80. The smallest absolute Gasteiger partial charge is 0.277 e. The first-order valence-corrected chi connectivity index (χ1v) is 2.44. The molecule has 1 fully saturated rings. The van der Waals surface area contributed by atoms with Crippen molar-refractivity contribution >= 4 is 0 Å². The Morgan fingerprint density at radius 3 is 2.62 bits per heavy atom. The summed E-state index contributed by atoms with van der Waals surface area (Å²) in [7, 11) is 0. The van der Waals surface area contributed by atoms with E-state index >= 15 is 0 Å². The van der Waals surface area contributed by atoms with Crippen LogP contribution in [0.4, 0.5) is 8.78 Å². The third-order valence-corrected chi connectivity index (χ3v) is 0.974. The van der Waals surface area contributed by atoms with Gasteiger partial charge in [0.05, 0.1) is 6.61 Å². The van der Waals surface area contributed by atoms with Crippen molar-refractivity contribution in [1.82, 2.24) is 5.32 Å². The number of hydrogen-bond donors (Lipinski definition) is 1. The van der Waals surface area contributed by atoms with Crippen molar-refractivity contribution < 1.29 is 13.5 Å². The molecule has 0 amide bonds. The summed E-state index contributed by atoms with van der Waals surface area (Å²) in [6, 6.07) is 0. The fourth-order valence-corrected chi connectivity index (χ4v) is 0.608. The van der Waals surface area contributed by atoms with Gasteiger partial charge in [-0.15, -0.1) is 0 Å². The van der Waals surface area contributed by atoms with Gasteiger partial charge in [-0.25, -0.2) is 8.78 Å². The van der Waals surface area contributed by atoms with Gasteiger partial charge < -0.3 is 4.74 Å². The number of nitrogens with one attached hydrogen (secondary N) is 1. The Morgan fingerprint density at radius 1 is 1.62 bits per heavy atom. The van der Waals surface area contributed by atoms with E-state index in [0.29, 0.717) is 13.2 Å². The summed E-state index contributed by atoms with van der Waals surface area (Å²) in [5.74, 6) is 0. The van der Waals surface area contributed by atoms with Crippen LogP contribution in [0.3, 0.4) is 0 Å². The molecule has 0 radical (unpaired) electrons. The van der Waals surface area contributed by atoms with E-state index in [0.717, 1.165) is 0 Å². The van der Waals surface area contributed by atoms with Gasteiger partial charge in [-0.1, -0.05) is 0 Å². The molecule has 1 saturated heterocycles. The van der Waals surface area contributed by atoms with Crippen molar-refractivity contribution in [3.63, 3.8) is 0 Å². The predicted octanol–water partition coefficient (Wildman–Crippen LogP) is 0.197. The van der Waals surface area contributed by atoms with Gasteiger partial charge in [0.2, 0.25) is 0 Å². The summed E-state index contributed by atoms with van der Waals surface area (Å²) in [5.41, 5.74) is 0. The molecule has 2 nitrogen and oxygen atoms in total. The quantitative estimate of drug-likeness (QED) is 0.537. The van der Waals surface area contributed by atoms with Crippen LogP contribution >= 0.6 is 0 Å². The summed E-state index contributed by atoms with van der Waals surface area (Å²) in [5, 5.41) is 2.48. The topological polar surface area (TPSA) is 21.3 Å². The summed E-state index contributed by atoms with van der Waals surface area (Å²) in [6.45, 7) is 0.935. The normalized spacial score (nSPS) is 29.6. The molecule has 0 saturated carbocycles. The molecule has 1 unspecified atom stereocenters. The van der Waals surface area contributed by atoms with Crippen molar-refractivity contribution in [1.29, 1.82) is 0 Å². The Balaban J connectivity index is 2.24. The number of hydrogen-bond acceptors (Lipinski definition) is 2. The highest BCUT2D eigenvalue weighted by atomic mass is 19.3. The van der Waals surface area contributed by atoms with Crippen LogP contribution in [0.15, 0.2) is 0 Å². The Hall–Kier alpha value is -0.220. The average Bonchev–Trinajstić information content (AvgIpc) is 2.12. The van der Waals surface area contributed by atoms with Crippen LogP contribution in [0, 0.1) is 0 Å². The van der Waals surface area contributed by atoms with Crippen molar-refractivity contribution in [2.75, 3.05) is 13.2 Å². The Labute approximate surface area is 45.8 Å². The van der Waals surface area contributed by atoms with Crippen LogP contribution in [0.5, 0.6) is 0 Å². The number of ether oxygens (including phenoxy) is 1. The Bertz CT molecular complexity index is 72.4. The number of halogens is 2. The minimum atomic E-state index is -2.39. The molecule has 1 heterocycles. The zero-order valence-electron chi connectivity index (χ0n) is 4.23. The lowest BCUT2D eigenvalue weighted by atomic mass is 10.6. The molecular weight excluding hydrogens is 116 g/mol. The molecule has 0 aromatic rings. The zero-order chi connectivity index (χ0) is 5.98. The van der Waals surface area contributed by atoms with E-state index in [-0.39, 0.29) is 0 Å². The standard InChI is InChI=1S/C4H7F2NO/c5-3(6)4-7-1-2-8-4/h3-4,7H,1-2H2. The van der Waals surface area contributed by atoms with Crippen molar-refractivity contribution in [2.24, 2.45) is 0 Å². The maximum Gasteiger partial charge on any atom is 0.277 e. The fraction of sp³-hybridized carbons (Fsp3) is 1.00. The third-order valence-electron chi connectivity index (χ3n) is 0.974. The van der Waals surface area contributed by atoms with E-state index in [4.69, 9.17) is 0 Å². The average molecular weight is 123 g/mol. The molecule has 1 atom stereocenters. The molecule has 1 N–H and O–H groups in total. The van der Waals surface area contributed by atoms with Crippen LogP contribution in [-0.2, 0) is 4.74 Å². The maximum atomic E-state index is 11.6. The second-order valence-electron chi connectivity index (χ2n) is 1.58. The second-order valence-corrected chi connectivity index (χ2v) is 1.58. The summed E-state index contributed by atoms with van der Waals surface area (Å²) < 4.78 is 27.7. The van der Waals surface area contributed by atoms with Crippen molar-refractivity contribution in [3.05, 3.63) is 0 Å². The molecule has 1 rings (SSSR count). The molecule has 0 aromatic carbocycles. The van der Waals surface area contributed by atoms with E-state index in [1.165, 1.54) is 0 Å². The molecule has 48 valence electrons. The minimum absolute atomic E-state index is 0.398. The Kier molecular flexibility index (Phi) is 1.75. The van der Waals surface area contributed by atoms with Gasteiger partial charge in [0, 0.05) is 6.54 Å². The van der Waals surface area contributed by atoms with Crippen LogP contribution in [0.25, 0.3) is 0 Å². The monoisotopic (exact) mass is 123 g/mol. The van der Waals surface area contributed by atoms with Crippen molar-refractivity contribution in [3.8, 4) is 0 Å². The first-order valence-electron chi connectivity index (χ1n) is 2.44. The van der Waals surface area contributed by atoms with E-state index in [1.54, 1.807) is 0 Å². The van der Waals surface area contributed by atoms with Crippen LogP contribution in [-0.4, -0.2) is 25.8 Å². The lowest BCUT2D eigenvalue weighted by Crippen LogP contribution is -2.29. The van der Waals surface area contributed by atoms with Gasteiger partial charge in [-0.3, -0.25) is 5.32 Å². The zero-order valence-corrected chi connectivity index (χ0v) is 4.23. The van der Waals surface area contributed by atoms with Crippen LogP contribution in [0.1, 0.15) is 0 Å². The maximum absolute atomic E-state index is 11.6. The van der Waals surface area contributed by atoms with Crippen LogP contribution in [0.2, 0.25) is 0 Å². The van der Waals surface area contributed by atoms with E-state index in [1.807, 2.05) is 0 Å². The molecule has 0 aromatic heterocycles. The van der Waals surface area contributed by atoms with Gasteiger partial charge in [-0.05, 0) is 0 Å². The van der Waals surface area contributed by atoms with E-state index in [9.17, 15) is 8.78 Å². The highest BCUT2D eigenvalue weighted by Crippen LogP contribution is 2.05. The van der Waals surface area contributed by atoms with Gasteiger partial charge >= 0.3 is 0 Å². The highest BCUT2D eigenvalue weighted by molar-refractivity contribution is 4.63. The largest absolute Gasteiger partial charge is 0.356 e. The molecule has 1 aliphatic heterocycles. The molecule has 8 heavy (non-hydrogen) atoms. The molecule has 0 aliphatic carbocycles. The predicted molar refractivity (Wildman–Crippen MR) is 23.7 cm³/mol. The molecule has 1 aliphatic rings. The van der Waals surface area contributed by atoms with Crippen LogP contribution < -0.4 is 5.32 Å². The molecule has 4 heteroatoms. The summed E-state index contributed by atoms with van der Waals surface area (Å²) in [6.07, 6.45) is -3.41. The minimum Gasteiger partial charge on any atom is -0.356 e. The third kappa shape index (κ3) is 1.14. The molecule has 0 bridgehead atoms. The Morgan fingerprint density at radius 2 is 2.38 bits per heavy atom. The fourth-order valence-electron chi connectivity index (χ4n) is 0.608. The highest BCUT2D eigenvalue weighted by Gasteiger charge is 2.23. The lowest BCUT2D eigenvalue weighted by Gasteiger charge is -2.05. The van der Waals surface area contributed by atoms with Crippen molar-refractivity contribution in [2.45, 2.75) is 12.7 Å². The van der Waals surface area contributed by atoms with Gasteiger partial charge in [0.1, 0.15) is 0 Å². The van der Waals surface area contributed by atoms with Gasteiger partial charge in [-0.2, -0.15) is 0 Å².